The van der Waals surface area contributed by atoms with Crippen LogP contribution in [0.5, 0.6) is 17.2 Å². The Balaban J connectivity index is 2.16. The van der Waals surface area contributed by atoms with Crippen LogP contribution < -0.4 is 19.5 Å². The van der Waals surface area contributed by atoms with Crippen molar-refractivity contribution in [2.75, 3.05) is 21.3 Å². The van der Waals surface area contributed by atoms with Gasteiger partial charge in [0.15, 0.2) is 13.6 Å². The number of hydrogen-bond donors (Lipinski definition) is 0. The monoisotopic (exact) mass is 466 g/mol. The third kappa shape index (κ3) is 4.57. The molecule has 0 aliphatic rings. The van der Waals surface area contributed by atoms with Crippen LogP contribution in [0.2, 0.25) is 0 Å². The molecule has 0 aliphatic heterocycles. The van der Waals surface area contributed by atoms with Crippen molar-refractivity contribution in [2.45, 2.75) is 20.8 Å². The topological polar surface area (TPSA) is 78.9 Å². The van der Waals surface area contributed by atoms with Crippen LogP contribution in [0, 0.1) is 20.8 Å². The summed E-state index contributed by atoms with van der Waals surface area (Å²) in [5.41, 5.74) is 2.47. The fourth-order valence-corrected chi connectivity index (χ4v) is 5.67. The Morgan fingerprint density at radius 1 is 0.758 bits per heavy atom. The van der Waals surface area contributed by atoms with Crippen molar-refractivity contribution in [3.05, 3.63) is 81.9 Å². The Morgan fingerprint density at radius 2 is 1.33 bits per heavy atom. The third-order valence-corrected chi connectivity index (χ3v) is 7.50. The van der Waals surface area contributed by atoms with Crippen LogP contribution in [0.25, 0.3) is 0 Å². The van der Waals surface area contributed by atoms with Crippen molar-refractivity contribution in [3.63, 3.8) is 0 Å². The standard InChI is InChI=1S/C26H27O6P/c1-15-12-16(2)25(17(3)22(15)24(27)18-10-8-7-9-11-18)33(29)26(28)23-20(31-5)13-19(30-4)14-21(23)32-6/h7-14,33H,1-6H3. The zero-order valence-electron chi connectivity index (χ0n) is 19.6. The molecule has 0 heterocycles. The van der Waals surface area contributed by atoms with E-state index in [4.69, 9.17) is 14.2 Å². The van der Waals surface area contributed by atoms with Crippen molar-refractivity contribution < 1.29 is 28.4 Å². The molecule has 0 amide bonds. The van der Waals surface area contributed by atoms with E-state index in [2.05, 4.69) is 0 Å². The minimum atomic E-state index is -3.04. The van der Waals surface area contributed by atoms with E-state index in [-0.39, 0.29) is 22.8 Å². The lowest BCUT2D eigenvalue weighted by Gasteiger charge is -2.18. The first-order chi connectivity index (χ1) is 15.7. The summed E-state index contributed by atoms with van der Waals surface area (Å²) in [6, 6.07) is 13.8. The lowest BCUT2D eigenvalue weighted by molar-refractivity contribution is 0.103. The van der Waals surface area contributed by atoms with E-state index in [9.17, 15) is 14.2 Å². The summed E-state index contributed by atoms with van der Waals surface area (Å²) < 4.78 is 29.7. The van der Waals surface area contributed by atoms with E-state index in [1.54, 1.807) is 56.3 Å². The van der Waals surface area contributed by atoms with Crippen LogP contribution in [0.1, 0.15) is 43.0 Å². The summed E-state index contributed by atoms with van der Waals surface area (Å²) in [6.45, 7) is 5.38. The van der Waals surface area contributed by atoms with E-state index in [1.807, 2.05) is 13.0 Å². The minimum absolute atomic E-state index is 0.0833. The molecule has 3 aromatic carbocycles. The van der Waals surface area contributed by atoms with Gasteiger partial charge in [0.2, 0.25) is 5.52 Å². The Morgan fingerprint density at radius 3 is 1.85 bits per heavy atom. The Hall–Kier alpha value is -3.37. The van der Waals surface area contributed by atoms with Crippen molar-refractivity contribution in [1.29, 1.82) is 0 Å². The molecule has 0 aromatic heterocycles. The molecule has 0 saturated carbocycles. The number of ether oxygens (including phenoxy) is 3. The number of rotatable bonds is 8. The minimum Gasteiger partial charge on any atom is -0.496 e. The zero-order chi connectivity index (χ0) is 24.3. The molecule has 0 saturated heterocycles. The Bertz CT molecular complexity index is 1220. The molecule has 6 nitrogen and oxygen atoms in total. The molecule has 7 heteroatoms. The van der Waals surface area contributed by atoms with Gasteiger partial charge in [-0.25, -0.2) is 0 Å². The summed E-state index contributed by atoms with van der Waals surface area (Å²) in [6.07, 6.45) is 0. The van der Waals surface area contributed by atoms with Crippen LogP contribution in [0.15, 0.2) is 48.5 Å². The highest BCUT2D eigenvalue weighted by atomic mass is 31.1. The smallest absolute Gasteiger partial charge is 0.230 e. The molecule has 33 heavy (non-hydrogen) atoms. The number of hydrogen-bond acceptors (Lipinski definition) is 6. The Kier molecular flexibility index (Phi) is 7.39. The van der Waals surface area contributed by atoms with E-state index in [0.717, 1.165) is 5.56 Å². The highest BCUT2D eigenvalue weighted by Gasteiger charge is 2.29. The lowest BCUT2D eigenvalue weighted by Crippen LogP contribution is -2.18. The van der Waals surface area contributed by atoms with Crippen LogP contribution in [-0.2, 0) is 4.57 Å². The highest BCUT2D eigenvalue weighted by molar-refractivity contribution is 7.71. The second-order valence-corrected chi connectivity index (χ2v) is 9.26. The van der Waals surface area contributed by atoms with Crippen LogP contribution in [0.3, 0.4) is 0 Å². The largest absolute Gasteiger partial charge is 0.496 e. The van der Waals surface area contributed by atoms with Crippen LogP contribution >= 0.6 is 7.80 Å². The number of aryl methyl sites for hydroxylation is 2. The van der Waals surface area contributed by atoms with E-state index >= 15 is 0 Å². The number of ketones is 1. The molecule has 3 aromatic rings. The van der Waals surface area contributed by atoms with Gasteiger partial charge in [-0.05, 0) is 37.5 Å². The van der Waals surface area contributed by atoms with Crippen molar-refractivity contribution in [1.82, 2.24) is 0 Å². The first-order valence-corrected chi connectivity index (χ1v) is 11.8. The van der Waals surface area contributed by atoms with Gasteiger partial charge in [0.05, 0.1) is 21.3 Å². The van der Waals surface area contributed by atoms with E-state index < -0.39 is 13.3 Å². The summed E-state index contributed by atoms with van der Waals surface area (Å²) in [5.74, 6) is 0.683. The fourth-order valence-electron chi connectivity index (χ4n) is 4.07. The molecule has 0 bridgehead atoms. The number of carbonyl (C=O) groups excluding carboxylic acids is 2. The average Bonchev–Trinajstić information content (AvgIpc) is 2.82. The van der Waals surface area contributed by atoms with Gasteiger partial charge in [0.1, 0.15) is 22.8 Å². The predicted molar refractivity (Wildman–Crippen MR) is 130 cm³/mol. The van der Waals surface area contributed by atoms with Gasteiger partial charge in [0, 0.05) is 28.6 Å². The van der Waals surface area contributed by atoms with Crippen LogP contribution in [-0.4, -0.2) is 32.6 Å². The SMILES string of the molecule is COc1cc(OC)c(C(=O)[PH](=O)c2c(C)cc(C)c(C(=O)c3ccccc3)c2C)c(OC)c1. The Labute approximate surface area is 194 Å². The van der Waals surface area contributed by atoms with E-state index in [0.29, 0.717) is 33.3 Å². The predicted octanol–water partition coefficient (Wildman–Crippen LogP) is 4.89. The van der Waals surface area contributed by atoms with Gasteiger partial charge in [-0.1, -0.05) is 36.4 Å². The second-order valence-electron chi connectivity index (χ2n) is 7.65. The molecule has 1 atom stereocenters. The normalized spacial score (nSPS) is 11.6. The van der Waals surface area contributed by atoms with Gasteiger partial charge < -0.3 is 18.8 Å². The maximum atomic E-state index is 13.7. The molecular formula is C26H27O6P. The molecule has 0 fully saturated rings. The molecule has 172 valence electrons. The van der Waals surface area contributed by atoms with E-state index in [1.165, 1.54) is 21.3 Å². The third-order valence-electron chi connectivity index (χ3n) is 5.61. The number of carbonyl (C=O) groups is 2. The lowest BCUT2D eigenvalue weighted by atomic mass is 9.93. The van der Waals surface area contributed by atoms with Crippen molar-refractivity contribution in [2.24, 2.45) is 0 Å². The second kappa shape index (κ2) is 10.1. The van der Waals surface area contributed by atoms with Crippen LogP contribution in [0.4, 0.5) is 0 Å². The van der Waals surface area contributed by atoms with Gasteiger partial charge in [-0.3, -0.25) is 9.59 Å². The maximum Gasteiger partial charge on any atom is 0.230 e. The number of methoxy groups -OCH3 is 3. The molecule has 3 rings (SSSR count). The first-order valence-electron chi connectivity index (χ1n) is 10.3. The van der Waals surface area contributed by atoms with Gasteiger partial charge in [0.25, 0.3) is 0 Å². The first kappa shape index (κ1) is 24.3. The number of benzene rings is 3. The fraction of sp³-hybridized carbons (Fsp3) is 0.231. The quantitative estimate of drug-likeness (QED) is 0.347. The molecule has 0 aliphatic carbocycles. The molecular weight excluding hydrogens is 439 g/mol. The molecule has 1 unspecified atom stereocenters. The molecule has 0 spiro atoms. The summed E-state index contributed by atoms with van der Waals surface area (Å²) in [5, 5.41) is 0.384. The van der Waals surface area contributed by atoms with Gasteiger partial charge >= 0.3 is 0 Å². The zero-order valence-corrected chi connectivity index (χ0v) is 20.6. The van der Waals surface area contributed by atoms with Gasteiger partial charge in [-0.2, -0.15) is 0 Å². The molecule has 0 radical (unpaired) electrons. The summed E-state index contributed by atoms with van der Waals surface area (Å²) in [7, 11) is 1.29. The molecule has 0 N–H and O–H groups in total. The van der Waals surface area contributed by atoms with Crippen molar-refractivity contribution >= 4 is 24.4 Å². The van der Waals surface area contributed by atoms with Gasteiger partial charge in [-0.15, -0.1) is 0 Å². The van der Waals surface area contributed by atoms with Crippen molar-refractivity contribution in [3.8, 4) is 17.2 Å². The highest BCUT2D eigenvalue weighted by Crippen LogP contribution is 2.41. The summed E-state index contributed by atoms with van der Waals surface area (Å²) >= 11 is 0. The maximum absolute atomic E-state index is 13.7. The average molecular weight is 466 g/mol. The summed E-state index contributed by atoms with van der Waals surface area (Å²) in [4.78, 5) is 26.7.